The highest BCUT2D eigenvalue weighted by molar-refractivity contribution is 5.98. The Morgan fingerprint density at radius 3 is 2.40 bits per heavy atom. The SMILES string of the molecule is COc1c(C)c2c(c(O[C@@H]3O[C@H](C(=O)[O-])[C@@H](O)[C@H](O)[C@H]3O)c1C/C=C(\C)CCC(=O)[O-])C(=O)OC2. The lowest BCUT2D eigenvalue weighted by Gasteiger charge is -2.40. The Bertz CT molecular complexity index is 1050. The number of aliphatic hydroxyl groups is 3. The molecule has 2 aliphatic heterocycles. The van der Waals surface area contributed by atoms with Crippen molar-refractivity contribution in [3.63, 3.8) is 0 Å². The van der Waals surface area contributed by atoms with Crippen LogP contribution in [0.5, 0.6) is 11.5 Å². The number of rotatable bonds is 9. The maximum atomic E-state index is 12.6. The lowest BCUT2D eigenvalue weighted by molar-refractivity contribution is -0.342. The zero-order chi connectivity index (χ0) is 26.0. The van der Waals surface area contributed by atoms with Crippen molar-refractivity contribution in [1.82, 2.24) is 0 Å². The molecule has 0 aromatic heterocycles. The van der Waals surface area contributed by atoms with Crippen LogP contribution in [-0.2, 0) is 32.1 Å². The number of fused-ring (bicyclic) bond motifs is 1. The maximum absolute atomic E-state index is 12.6. The predicted molar refractivity (Wildman–Crippen MR) is 111 cm³/mol. The molecule has 0 unspecified atom stereocenters. The van der Waals surface area contributed by atoms with E-state index in [-0.39, 0.29) is 37.2 Å². The highest BCUT2D eigenvalue weighted by Gasteiger charge is 2.46. The molecule has 3 N–H and O–H groups in total. The van der Waals surface area contributed by atoms with Crippen LogP contribution in [0, 0.1) is 6.92 Å². The first-order valence-electron chi connectivity index (χ1n) is 10.8. The summed E-state index contributed by atoms with van der Waals surface area (Å²) in [5, 5.41) is 52.6. The van der Waals surface area contributed by atoms with Gasteiger partial charge >= 0.3 is 5.97 Å². The quantitative estimate of drug-likeness (QED) is 0.244. The molecular weight excluding hydrogens is 468 g/mol. The third kappa shape index (κ3) is 5.25. The van der Waals surface area contributed by atoms with Crippen LogP contribution >= 0.6 is 0 Å². The van der Waals surface area contributed by atoms with E-state index in [1.54, 1.807) is 19.9 Å². The fraction of sp³-hybridized carbons (Fsp3) is 0.522. The topological polar surface area (TPSA) is 195 Å². The first kappa shape index (κ1) is 26.4. The van der Waals surface area contributed by atoms with Gasteiger partial charge in [0.1, 0.15) is 48.1 Å². The van der Waals surface area contributed by atoms with Crippen LogP contribution in [-0.4, -0.2) is 71.0 Å². The number of cyclic esters (lactones) is 1. The summed E-state index contributed by atoms with van der Waals surface area (Å²) in [6.45, 7) is 3.34. The minimum atomic E-state index is -2.01. The molecule has 0 spiro atoms. The van der Waals surface area contributed by atoms with E-state index >= 15 is 0 Å². The molecule has 2 heterocycles. The molecule has 1 aromatic rings. The molecule has 12 heteroatoms. The standard InChI is InChI=1S/C23H28O12/c1-9(5-7-13(24)25)4-6-11-18(32-3)10(2)12-8-33-22(31)14(12)19(11)34-23-17(28)15(26)16(27)20(35-23)21(29)30/h4,15-17,20,23,26-28H,5-8H2,1-3H3,(H,24,25)(H,29,30)/p-2/b9-4+/t15-,16-,17+,20-,23+/m0/s1. The summed E-state index contributed by atoms with van der Waals surface area (Å²) in [6.07, 6.45) is -7.80. The first-order valence-corrected chi connectivity index (χ1v) is 10.8. The fourth-order valence-electron chi connectivity index (χ4n) is 4.07. The molecule has 0 saturated carbocycles. The van der Waals surface area contributed by atoms with Gasteiger partial charge < -0.3 is 54.1 Å². The lowest BCUT2D eigenvalue weighted by Crippen LogP contribution is -2.63. The van der Waals surface area contributed by atoms with E-state index in [1.807, 2.05) is 0 Å². The number of ether oxygens (including phenoxy) is 4. The van der Waals surface area contributed by atoms with Gasteiger partial charge in [0.05, 0.1) is 13.1 Å². The molecule has 192 valence electrons. The van der Waals surface area contributed by atoms with Crippen LogP contribution in [0.3, 0.4) is 0 Å². The lowest BCUT2D eigenvalue weighted by atomic mass is 9.94. The van der Waals surface area contributed by atoms with Gasteiger partial charge in [-0.3, -0.25) is 0 Å². The van der Waals surface area contributed by atoms with E-state index in [9.17, 15) is 39.9 Å². The van der Waals surface area contributed by atoms with Gasteiger partial charge in [-0.05, 0) is 38.7 Å². The van der Waals surface area contributed by atoms with Gasteiger partial charge in [-0.1, -0.05) is 11.6 Å². The van der Waals surface area contributed by atoms with Crippen LogP contribution in [0.25, 0.3) is 0 Å². The molecule has 1 fully saturated rings. The molecule has 5 atom stereocenters. The molecule has 12 nitrogen and oxygen atoms in total. The number of carboxylic acid groups (broad SMARTS) is 2. The number of carbonyl (C=O) groups is 3. The van der Waals surface area contributed by atoms with E-state index < -0.39 is 48.6 Å². The number of hydrogen-bond donors (Lipinski definition) is 3. The predicted octanol–water partition coefficient (Wildman–Crippen LogP) is -2.37. The Labute approximate surface area is 200 Å². The maximum Gasteiger partial charge on any atom is 0.342 e. The highest BCUT2D eigenvalue weighted by atomic mass is 16.7. The Morgan fingerprint density at radius 1 is 1.11 bits per heavy atom. The van der Waals surface area contributed by atoms with Crippen LogP contribution in [0.2, 0.25) is 0 Å². The Kier molecular flexibility index (Phi) is 8.00. The minimum Gasteiger partial charge on any atom is -0.550 e. The molecule has 1 saturated heterocycles. The van der Waals surface area contributed by atoms with E-state index in [0.29, 0.717) is 28.0 Å². The van der Waals surface area contributed by atoms with Gasteiger partial charge in [-0.2, -0.15) is 0 Å². The monoisotopic (exact) mass is 494 g/mol. The first-order chi connectivity index (χ1) is 16.5. The summed E-state index contributed by atoms with van der Waals surface area (Å²) in [7, 11) is 1.39. The van der Waals surface area contributed by atoms with Crippen molar-refractivity contribution in [3.05, 3.63) is 33.9 Å². The van der Waals surface area contributed by atoms with Gasteiger partial charge in [-0.15, -0.1) is 0 Å². The molecule has 0 aliphatic carbocycles. The molecular formula is C23H26O12-2. The van der Waals surface area contributed by atoms with Crippen molar-refractivity contribution in [3.8, 4) is 11.5 Å². The van der Waals surface area contributed by atoms with Gasteiger partial charge in [0.25, 0.3) is 0 Å². The number of aliphatic carboxylic acids is 2. The summed E-state index contributed by atoms with van der Waals surface area (Å²) in [6, 6.07) is 0. The average molecular weight is 494 g/mol. The highest BCUT2D eigenvalue weighted by Crippen LogP contribution is 2.44. The third-order valence-electron chi connectivity index (χ3n) is 6.04. The van der Waals surface area contributed by atoms with E-state index in [1.165, 1.54) is 7.11 Å². The second-order valence-electron chi connectivity index (χ2n) is 8.36. The summed E-state index contributed by atoms with van der Waals surface area (Å²) in [5.74, 6) is -3.58. The van der Waals surface area contributed by atoms with Crippen molar-refractivity contribution < 1.29 is 58.9 Å². The van der Waals surface area contributed by atoms with E-state index in [0.717, 1.165) is 0 Å². The van der Waals surface area contributed by atoms with E-state index in [4.69, 9.17) is 18.9 Å². The second kappa shape index (κ2) is 10.6. The average Bonchev–Trinajstić information content (AvgIpc) is 3.19. The molecule has 0 amide bonds. The number of benzene rings is 1. The molecule has 0 bridgehead atoms. The smallest absolute Gasteiger partial charge is 0.342 e. The molecule has 0 radical (unpaired) electrons. The number of carbonyl (C=O) groups excluding carboxylic acids is 3. The van der Waals surface area contributed by atoms with Gasteiger partial charge in [0.15, 0.2) is 0 Å². The molecule has 35 heavy (non-hydrogen) atoms. The number of hydrogen-bond acceptors (Lipinski definition) is 12. The number of aliphatic hydroxyl groups excluding tert-OH is 3. The Morgan fingerprint density at radius 2 is 1.80 bits per heavy atom. The van der Waals surface area contributed by atoms with Crippen molar-refractivity contribution in [1.29, 1.82) is 0 Å². The van der Waals surface area contributed by atoms with Crippen LogP contribution in [0.1, 0.15) is 46.8 Å². The van der Waals surface area contributed by atoms with Crippen LogP contribution in [0.4, 0.5) is 0 Å². The third-order valence-corrected chi connectivity index (χ3v) is 6.04. The summed E-state index contributed by atoms with van der Waals surface area (Å²) < 4.78 is 21.6. The number of carboxylic acids is 2. The molecule has 1 aromatic carbocycles. The van der Waals surface area contributed by atoms with Crippen LogP contribution in [0.15, 0.2) is 11.6 Å². The van der Waals surface area contributed by atoms with Crippen LogP contribution < -0.4 is 19.7 Å². The Hall–Kier alpha value is -3.19. The number of methoxy groups -OCH3 is 1. The second-order valence-corrected chi connectivity index (χ2v) is 8.36. The summed E-state index contributed by atoms with van der Waals surface area (Å²) in [4.78, 5) is 34.7. The minimum absolute atomic E-state index is 0.0144. The van der Waals surface area contributed by atoms with Crippen molar-refractivity contribution >= 4 is 17.9 Å². The normalized spacial score (nSPS) is 26.2. The van der Waals surface area contributed by atoms with Crippen molar-refractivity contribution in [2.45, 2.75) is 70.4 Å². The number of allylic oxidation sites excluding steroid dienone is 2. The van der Waals surface area contributed by atoms with Gasteiger partial charge in [0.2, 0.25) is 6.29 Å². The van der Waals surface area contributed by atoms with E-state index in [2.05, 4.69) is 0 Å². The number of esters is 1. The molecule has 2 aliphatic rings. The summed E-state index contributed by atoms with van der Waals surface area (Å²) >= 11 is 0. The Balaban J connectivity index is 2.07. The largest absolute Gasteiger partial charge is 0.550 e. The zero-order valence-corrected chi connectivity index (χ0v) is 19.3. The molecule has 3 rings (SSSR count). The summed E-state index contributed by atoms with van der Waals surface area (Å²) in [5.41, 5.74) is 2.07. The van der Waals surface area contributed by atoms with Crippen molar-refractivity contribution in [2.75, 3.05) is 7.11 Å². The van der Waals surface area contributed by atoms with Crippen molar-refractivity contribution in [2.24, 2.45) is 0 Å². The zero-order valence-electron chi connectivity index (χ0n) is 19.3. The fourth-order valence-corrected chi connectivity index (χ4v) is 4.07. The van der Waals surface area contributed by atoms with Gasteiger partial charge in [-0.25, -0.2) is 4.79 Å². The van der Waals surface area contributed by atoms with Gasteiger partial charge in [0, 0.05) is 17.1 Å².